The largest absolute Gasteiger partial charge is 0.332 e. The molecule has 0 amide bonds. The molecule has 1 fully saturated rings. The zero-order valence-corrected chi connectivity index (χ0v) is 26.1. The van der Waals surface area contributed by atoms with Crippen molar-refractivity contribution in [3.8, 4) is 22.8 Å². The number of hydrogen-bond acceptors (Lipinski definition) is 3. The molecular formula is C36H47N5. The number of pyridine rings is 3. The number of hydrogen-bond donors (Lipinski definition) is 0. The highest BCUT2D eigenvalue weighted by atomic mass is 15.1. The van der Waals surface area contributed by atoms with Gasteiger partial charge in [0, 0.05) is 71.2 Å². The summed E-state index contributed by atoms with van der Waals surface area (Å²) < 4.78 is 4.57. The summed E-state index contributed by atoms with van der Waals surface area (Å²) in [6.07, 6.45) is 13.5. The molecule has 5 nitrogen and oxygen atoms in total. The Morgan fingerprint density at radius 3 is 1.76 bits per heavy atom. The van der Waals surface area contributed by atoms with Crippen LogP contribution in [0.1, 0.15) is 91.1 Å². The van der Waals surface area contributed by atoms with Crippen LogP contribution in [0.5, 0.6) is 0 Å². The van der Waals surface area contributed by atoms with Crippen molar-refractivity contribution in [1.82, 2.24) is 24.1 Å². The van der Waals surface area contributed by atoms with Crippen LogP contribution in [0.15, 0.2) is 73.3 Å². The Kier molecular flexibility index (Phi) is 8.35. The second-order valence-corrected chi connectivity index (χ2v) is 14.1. The number of rotatable bonds is 4. The van der Waals surface area contributed by atoms with Gasteiger partial charge in [0.25, 0.3) is 0 Å². The molecule has 5 heterocycles. The third-order valence-electron chi connectivity index (χ3n) is 8.41. The molecule has 1 saturated carbocycles. The average Bonchev–Trinajstić information content (AvgIpc) is 3.57. The molecular weight excluding hydrogens is 502 g/mol. The molecule has 6 rings (SSSR count). The third-order valence-corrected chi connectivity index (χ3v) is 8.41. The van der Waals surface area contributed by atoms with Gasteiger partial charge in [0.1, 0.15) is 11.6 Å². The van der Waals surface area contributed by atoms with E-state index in [2.05, 4.69) is 111 Å². The summed E-state index contributed by atoms with van der Waals surface area (Å²) >= 11 is 0. The zero-order chi connectivity index (χ0) is 29.2. The van der Waals surface area contributed by atoms with Crippen LogP contribution >= 0.6 is 0 Å². The Labute approximate surface area is 246 Å². The Morgan fingerprint density at radius 1 is 0.707 bits per heavy atom. The first-order chi connectivity index (χ1) is 19.5. The van der Waals surface area contributed by atoms with Crippen LogP contribution < -0.4 is 0 Å². The zero-order valence-electron chi connectivity index (χ0n) is 26.1. The standard InChI is InChI=1S/C19H28N2.C17H19N3/c1-14-7-9-15(10-8-14)13-21-11-5-6-16-12-17(19(2,3)4)20-18(16)21;1-17(2,3)15-11-14-5-4-10-20(16(14)19-15)12-13-6-8-18-9-7-13/h5-6,11-12,14-15H,7-10,13H2,1-4H3;4-11H,12H2,1-3H3. The van der Waals surface area contributed by atoms with E-state index in [9.17, 15) is 0 Å². The van der Waals surface area contributed by atoms with Gasteiger partial charge < -0.3 is 9.13 Å². The van der Waals surface area contributed by atoms with Crippen LogP contribution in [-0.4, -0.2) is 24.1 Å². The van der Waals surface area contributed by atoms with E-state index in [1.54, 1.807) is 0 Å². The second-order valence-electron chi connectivity index (χ2n) is 14.1. The number of fused-ring (bicyclic) bond motifs is 2. The van der Waals surface area contributed by atoms with E-state index in [1.165, 1.54) is 53.9 Å². The quantitative estimate of drug-likeness (QED) is 0.225. The Morgan fingerprint density at radius 2 is 1.22 bits per heavy atom. The van der Waals surface area contributed by atoms with Crippen LogP contribution in [0.4, 0.5) is 0 Å². The van der Waals surface area contributed by atoms with Crippen molar-refractivity contribution in [3.63, 3.8) is 0 Å². The van der Waals surface area contributed by atoms with Gasteiger partial charge in [0.15, 0.2) is 0 Å². The van der Waals surface area contributed by atoms with E-state index >= 15 is 0 Å². The summed E-state index contributed by atoms with van der Waals surface area (Å²) in [5.41, 5.74) is 6.26. The first kappa shape index (κ1) is 29.0. The predicted molar refractivity (Wildman–Crippen MR) is 170 cm³/mol. The first-order valence-corrected chi connectivity index (χ1v) is 15.3. The van der Waals surface area contributed by atoms with Crippen molar-refractivity contribution >= 4 is 0 Å². The minimum Gasteiger partial charge on any atom is -0.332 e. The second kappa shape index (κ2) is 11.8. The predicted octanol–water partition coefficient (Wildman–Crippen LogP) is 8.84. The van der Waals surface area contributed by atoms with Gasteiger partial charge in [-0.15, -0.1) is 0 Å². The van der Waals surface area contributed by atoms with Crippen molar-refractivity contribution in [2.75, 3.05) is 0 Å². The highest BCUT2D eigenvalue weighted by Gasteiger charge is 2.24. The summed E-state index contributed by atoms with van der Waals surface area (Å²) in [5.74, 6) is 3.97. The first-order valence-electron chi connectivity index (χ1n) is 15.3. The maximum Gasteiger partial charge on any atom is 0.140 e. The van der Waals surface area contributed by atoms with Crippen molar-refractivity contribution in [3.05, 3.63) is 90.3 Å². The van der Waals surface area contributed by atoms with E-state index in [0.29, 0.717) is 0 Å². The molecule has 4 aliphatic heterocycles. The maximum atomic E-state index is 4.93. The molecule has 41 heavy (non-hydrogen) atoms. The minimum absolute atomic E-state index is 0.0769. The van der Waals surface area contributed by atoms with E-state index in [-0.39, 0.29) is 10.8 Å². The minimum atomic E-state index is 0.0769. The lowest BCUT2D eigenvalue weighted by Crippen LogP contribution is -2.19. The lowest BCUT2D eigenvalue weighted by molar-refractivity contribution is 0.265. The lowest BCUT2D eigenvalue weighted by atomic mass is 9.83. The van der Waals surface area contributed by atoms with Gasteiger partial charge in [-0.05, 0) is 78.8 Å². The van der Waals surface area contributed by atoms with Crippen LogP contribution in [0.2, 0.25) is 0 Å². The van der Waals surface area contributed by atoms with Crippen molar-refractivity contribution < 1.29 is 0 Å². The highest BCUT2D eigenvalue weighted by molar-refractivity contribution is 5.60. The van der Waals surface area contributed by atoms with Gasteiger partial charge in [-0.3, -0.25) is 4.98 Å². The van der Waals surface area contributed by atoms with Crippen LogP contribution in [-0.2, 0) is 23.9 Å². The molecule has 0 bridgehead atoms. The van der Waals surface area contributed by atoms with E-state index < -0.39 is 0 Å². The van der Waals surface area contributed by atoms with Gasteiger partial charge >= 0.3 is 0 Å². The number of nitrogens with zero attached hydrogens (tertiary/aromatic N) is 5. The van der Waals surface area contributed by atoms with Gasteiger partial charge in [0.05, 0.1) is 0 Å². The van der Waals surface area contributed by atoms with Crippen LogP contribution in [0.3, 0.4) is 0 Å². The summed E-state index contributed by atoms with van der Waals surface area (Å²) in [5, 5.41) is 0. The van der Waals surface area contributed by atoms with Crippen molar-refractivity contribution in [2.24, 2.45) is 11.8 Å². The molecule has 0 unspecified atom stereocenters. The fourth-order valence-electron chi connectivity index (χ4n) is 5.71. The molecule has 0 radical (unpaired) electrons. The third kappa shape index (κ3) is 7.06. The fraction of sp³-hybridized carbons (Fsp3) is 0.472. The highest BCUT2D eigenvalue weighted by Crippen LogP contribution is 2.33. The van der Waals surface area contributed by atoms with E-state index in [0.717, 1.165) is 36.4 Å². The Bertz CT molecular complexity index is 1470. The van der Waals surface area contributed by atoms with E-state index in [4.69, 9.17) is 9.97 Å². The Balaban J connectivity index is 0.000000165. The summed E-state index contributed by atoms with van der Waals surface area (Å²) in [6, 6.07) is 17.1. The summed E-state index contributed by atoms with van der Waals surface area (Å²) in [6.45, 7) is 17.6. The SMILES string of the molecule is CC(C)(C)c1cc2cccn(Cc3ccncc3)c-2n1.CC1CCC(Cn2cccc3cc(C(C)(C)C)nc2-3)CC1. The fourth-order valence-corrected chi connectivity index (χ4v) is 5.71. The summed E-state index contributed by atoms with van der Waals surface area (Å²) in [7, 11) is 0. The molecule has 1 aromatic heterocycles. The molecule has 1 aliphatic carbocycles. The number of aromatic nitrogens is 5. The molecule has 5 aliphatic rings. The molecule has 0 spiro atoms. The van der Waals surface area contributed by atoms with E-state index in [1.807, 2.05) is 24.5 Å². The van der Waals surface area contributed by atoms with Gasteiger partial charge in [-0.25, -0.2) is 9.97 Å². The molecule has 0 saturated heterocycles. The van der Waals surface area contributed by atoms with Gasteiger partial charge in [-0.2, -0.15) is 0 Å². The maximum absolute atomic E-state index is 4.93. The lowest BCUT2D eigenvalue weighted by Gasteiger charge is -2.27. The monoisotopic (exact) mass is 549 g/mol. The van der Waals surface area contributed by atoms with Crippen LogP contribution in [0, 0.1) is 11.8 Å². The van der Waals surface area contributed by atoms with Crippen LogP contribution in [0.25, 0.3) is 22.8 Å². The molecule has 216 valence electrons. The smallest absolute Gasteiger partial charge is 0.140 e. The molecule has 0 aromatic carbocycles. The van der Waals surface area contributed by atoms with Gasteiger partial charge in [-0.1, -0.05) is 61.3 Å². The molecule has 1 aromatic rings. The normalized spacial score (nSPS) is 17.9. The average molecular weight is 550 g/mol. The Hall–Kier alpha value is -3.47. The molecule has 0 atom stereocenters. The summed E-state index contributed by atoms with van der Waals surface area (Å²) in [4.78, 5) is 13.8. The molecule has 0 N–H and O–H groups in total. The van der Waals surface area contributed by atoms with Crippen molar-refractivity contribution in [1.29, 1.82) is 0 Å². The van der Waals surface area contributed by atoms with Crippen molar-refractivity contribution in [2.45, 2.75) is 98.1 Å². The van der Waals surface area contributed by atoms with Gasteiger partial charge in [0.2, 0.25) is 0 Å². The topological polar surface area (TPSA) is 48.5 Å². The molecule has 5 heteroatoms.